The molecule has 1 aliphatic carbocycles. The number of aliphatic hydroxyl groups excluding tert-OH is 1. The van der Waals surface area contributed by atoms with Crippen molar-refractivity contribution in [1.29, 1.82) is 0 Å². The maximum absolute atomic E-state index is 12.1. The lowest BCUT2D eigenvalue weighted by Crippen LogP contribution is -2.56. The van der Waals surface area contributed by atoms with Gasteiger partial charge in [0.05, 0.1) is 12.0 Å². The molecule has 2 N–H and O–H groups in total. The van der Waals surface area contributed by atoms with Crippen LogP contribution in [0.5, 0.6) is 0 Å². The number of hydrogen-bond donors (Lipinski definition) is 2. The number of fused-ring (bicyclic) bond motifs is 2. The predicted molar refractivity (Wildman–Crippen MR) is 71.2 cm³/mol. The van der Waals surface area contributed by atoms with Crippen LogP contribution < -0.4 is 0 Å². The number of carboxylic acid groups (broad SMARTS) is 1. The number of nitrogens with zero attached hydrogens (tertiary/aromatic N) is 1. The summed E-state index contributed by atoms with van der Waals surface area (Å²) in [5, 5.41) is 19.3. The van der Waals surface area contributed by atoms with Crippen molar-refractivity contribution in [2.24, 2.45) is 17.8 Å². The summed E-state index contributed by atoms with van der Waals surface area (Å²) >= 11 is 0. The van der Waals surface area contributed by atoms with Gasteiger partial charge in [-0.2, -0.15) is 0 Å². The van der Waals surface area contributed by atoms with Gasteiger partial charge >= 0.3 is 12.1 Å². The largest absolute Gasteiger partial charge is 0.481 e. The number of ether oxygens (including phenoxy) is 1. The molecule has 0 spiro atoms. The van der Waals surface area contributed by atoms with E-state index in [2.05, 4.69) is 0 Å². The number of aliphatic carboxylic acids is 1. The van der Waals surface area contributed by atoms with E-state index in [9.17, 15) is 14.7 Å². The lowest BCUT2D eigenvalue weighted by atomic mass is 9.70. The molecule has 1 saturated heterocycles. The zero-order valence-electron chi connectivity index (χ0n) is 12.2. The van der Waals surface area contributed by atoms with Crippen LogP contribution in [0.25, 0.3) is 0 Å². The fourth-order valence-electron chi connectivity index (χ4n) is 3.17. The Morgan fingerprint density at radius 3 is 2.05 bits per heavy atom. The van der Waals surface area contributed by atoms with Crippen LogP contribution in [0, 0.1) is 17.8 Å². The summed E-state index contributed by atoms with van der Waals surface area (Å²) in [6.45, 7) is 6.17. The third-order valence-electron chi connectivity index (χ3n) is 4.05. The van der Waals surface area contributed by atoms with Gasteiger partial charge in [0.15, 0.2) is 0 Å². The highest BCUT2D eigenvalue weighted by atomic mass is 16.6. The van der Waals surface area contributed by atoms with Crippen LogP contribution >= 0.6 is 0 Å². The first-order valence-electron chi connectivity index (χ1n) is 7.06. The molecule has 6 nitrogen and oxygen atoms in total. The lowest BCUT2D eigenvalue weighted by molar-refractivity contribution is -0.148. The van der Waals surface area contributed by atoms with Crippen molar-refractivity contribution in [1.82, 2.24) is 4.90 Å². The molecule has 1 saturated carbocycles. The minimum absolute atomic E-state index is 0.170. The summed E-state index contributed by atoms with van der Waals surface area (Å²) in [6, 6.07) is 0. The van der Waals surface area contributed by atoms with Crippen LogP contribution in [0.15, 0.2) is 0 Å². The highest BCUT2D eigenvalue weighted by Gasteiger charge is 2.45. The van der Waals surface area contributed by atoms with Gasteiger partial charge < -0.3 is 19.8 Å². The SMILES string of the molecule is CC(C)(C)OC(=O)N1C[C@@H]2CC(C(=O)O)C[C@@H](C1)C2O. The van der Waals surface area contributed by atoms with E-state index in [1.807, 2.05) is 20.8 Å². The monoisotopic (exact) mass is 285 g/mol. The molecule has 2 fully saturated rings. The summed E-state index contributed by atoms with van der Waals surface area (Å²) in [5.74, 6) is -1.56. The van der Waals surface area contributed by atoms with Gasteiger partial charge in [0, 0.05) is 24.9 Å². The third-order valence-corrected chi connectivity index (χ3v) is 4.05. The molecular weight excluding hydrogens is 262 g/mol. The Hall–Kier alpha value is -1.30. The third kappa shape index (κ3) is 3.23. The first-order chi connectivity index (χ1) is 9.17. The number of piperidine rings is 1. The quantitative estimate of drug-likeness (QED) is 0.759. The first-order valence-corrected chi connectivity index (χ1v) is 7.06. The Kier molecular flexibility index (Phi) is 3.95. The van der Waals surface area contributed by atoms with E-state index in [1.54, 1.807) is 4.90 Å². The highest BCUT2D eigenvalue weighted by molar-refractivity contribution is 5.71. The molecular formula is C14H23NO5. The molecule has 2 rings (SSSR count). The summed E-state index contributed by atoms with van der Waals surface area (Å²) < 4.78 is 5.34. The van der Waals surface area contributed by atoms with Crippen LogP contribution in [-0.2, 0) is 9.53 Å². The maximum Gasteiger partial charge on any atom is 0.410 e. The van der Waals surface area contributed by atoms with Crippen molar-refractivity contribution >= 4 is 12.1 Å². The number of carbonyl (C=O) groups is 2. The van der Waals surface area contributed by atoms with E-state index < -0.39 is 23.6 Å². The minimum atomic E-state index is -0.808. The van der Waals surface area contributed by atoms with Gasteiger partial charge in [-0.25, -0.2) is 4.79 Å². The number of rotatable bonds is 1. The van der Waals surface area contributed by atoms with Gasteiger partial charge in [-0.15, -0.1) is 0 Å². The Morgan fingerprint density at radius 2 is 1.65 bits per heavy atom. The molecule has 0 radical (unpaired) electrons. The van der Waals surface area contributed by atoms with Crippen LogP contribution in [0.2, 0.25) is 0 Å². The number of amides is 1. The zero-order chi connectivity index (χ0) is 15.1. The van der Waals surface area contributed by atoms with Gasteiger partial charge in [-0.05, 0) is 33.6 Å². The van der Waals surface area contributed by atoms with E-state index >= 15 is 0 Å². The molecule has 2 bridgehead atoms. The highest BCUT2D eigenvalue weighted by Crippen LogP contribution is 2.38. The van der Waals surface area contributed by atoms with Crippen LogP contribution in [0.1, 0.15) is 33.6 Å². The Labute approximate surface area is 118 Å². The minimum Gasteiger partial charge on any atom is -0.481 e. The second-order valence-corrected chi connectivity index (χ2v) is 6.90. The summed E-state index contributed by atoms with van der Waals surface area (Å²) in [5.41, 5.74) is -0.550. The molecule has 1 aliphatic heterocycles. The van der Waals surface area contributed by atoms with Gasteiger partial charge in [-0.1, -0.05) is 0 Å². The molecule has 2 atom stereocenters. The predicted octanol–water partition coefficient (Wildman–Crippen LogP) is 1.32. The number of carboxylic acids is 1. The van der Waals surface area contributed by atoms with E-state index in [0.29, 0.717) is 25.9 Å². The first kappa shape index (κ1) is 15.1. The topological polar surface area (TPSA) is 87.1 Å². The average molecular weight is 285 g/mol. The molecule has 0 aromatic carbocycles. The van der Waals surface area contributed by atoms with E-state index in [4.69, 9.17) is 9.84 Å². The van der Waals surface area contributed by atoms with Crippen LogP contribution in [0.4, 0.5) is 4.79 Å². The maximum atomic E-state index is 12.1. The molecule has 1 amide bonds. The second-order valence-electron chi connectivity index (χ2n) is 6.90. The molecule has 6 heteroatoms. The summed E-state index contributed by atoms with van der Waals surface area (Å²) in [4.78, 5) is 24.8. The van der Waals surface area contributed by atoms with Crippen molar-refractivity contribution in [3.05, 3.63) is 0 Å². The molecule has 1 heterocycles. The van der Waals surface area contributed by atoms with Crippen LogP contribution in [-0.4, -0.2) is 52.0 Å². The Bertz CT molecular complexity index is 387. The number of likely N-dealkylation sites (tertiary alicyclic amines) is 1. The van der Waals surface area contributed by atoms with Crippen molar-refractivity contribution in [3.8, 4) is 0 Å². The Balaban J connectivity index is 2.03. The van der Waals surface area contributed by atoms with E-state index in [1.165, 1.54) is 0 Å². The standard InChI is InChI=1S/C14H23NO5/c1-14(2,3)20-13(19)15-6-9-4-8(12(17)18)5-10(7-15)11(9)16/h8-11,16H,4-7H2,1-3H3,(H,17,18)/t8?,9-,10-,11?/m0/s1. The molecule has 20 heavy (non-hydrogen) atoms. The van der Waals surface area contributed by atoms with Crippen LogP contribution in [0.3, 0.4) is 0 Å². The van der Waals surface area contributed by atoms with Gasteiger partial charge in [-0.3, -0.25) is 4.79 Å². The fraction of sp³-hybridized carbons (Fsp3) is 0.857. The average Bonchev–Trinajstić information content (AvgIpc) is 2.25. The molecule has 0 unspecified atom stereocenters. The van der Waals surface area contributed by atoms with Gasteiger partial charge in [0.1, 0.15) is 5.60 Å². The number of hydrogen-bond acceptors (Lipinski definition) is 4. The Morgan fingerprint density at radius 1 is 1.15 bits per heavy atom. The van der Waals surface area contributed by atoms with Gasteiger partial charge in [0.25, 0.3) is 0 Å². The number of aliphatic hydroxyl groups is 1. The number of carbonyl (C=O) groups excluding carboxylic acids is 1. The van der Waals surface area contributed by atoms with E-state index in [-0.39, 0.29) is 17.9 Å². The van der Waals surface area contributed by atoms with Crippen molar-refractivity contribution < 1.29 is 24.5 Å². The zero-order valence-corrected chi connectivity index (χ0v) is 12.2. The smallest absolute Gasteiger partial charge is 0.410 e. The van der Waals surface area contributed by atoms with E-state index in [0.717, 1.165) is 0 Å². The second kappa shape index (κ2) is 5.24. The normalized spacial score (nSPS) is 33.7. The van der Waals surface area contributed by atoms with Gasteiger partial charge in [0.2, 0.25) is 0 Å². The molecule has 114 valence electrons. The van der Waals surface area contributed by atoms with Crippen molar-refractivity contribution in [3.63, 3.8) is 0 Å². The summed E-state index contributed by atoms with van der Waals surface area (Å²) in [7, 11) is 0. The van der Waals surface area contributed by atoms with Crippen molar-refractivity contribution in [2.45, 2.75) is 45.3 Å². The lowest BCUT2D eigenvalue weighted by Gasteiger charge is -2.46. The summed E-state index contributed by atoms with van der Waals surface area (Å²) in [6.07, 6.45) is -0.0454. The molecule has 0 aromatic rings. The van der Waals surface area contributed by atoms with Crippen molar-refractivity contribution in [2.75, 3.05) is 13.1 Å². The fourth-order valence-corrected chi connectivity index (χ4v) is 3.17. The molecule has 0 aromatic heterocycles. The molecule has 2 aliphatic rings.